The van der Waals surface area contributed by atoms with Crippen LogP contribution in [0.2, 0.25) is 0 Å². The van der Waals surface area contributed by atoms with Gasteiger partial charge in [0, 0.05) is 6.42 Å². The van der Waals surface area contributed by atoms with E-state index in [2.05, 4.69) is 15.9 Å². The molecule has 0 atom stereocenters. The lowest BCUT2D eigenvalue weighted by Crippen LogP contribution is -2.11. The molecule has 1 aromatic rings. The van der Waals surface area contributed by atoms with E-state index in [4.69, 9.17) is 4.42 Å². The van der Waals surface area contributed by atoms with E-state index in [9.17, 15) is 4.79 Å². The quantitative estimate of drug-likeness (QED) is 0.771. The Morgan fingerprint density at radius 3 is 2.67 bits per heavy atom. The van der Waals surface area contributed by atoms with Crippen molar-refractivity contribution in [1.82, 2.24) is 0 Å². The first-order valence-corrected chi connectivity index (χ1v) is 6.33. The smallest absolute Gasteiger partial charge is 0.198 e. The molecule has 2 nitrogen and oxygen atoms in total. The lowest BCUT2D eigenvalue weighted by Gasteiger charge is -2.20. The van der Waals surface area contributed by atoms with E-state index in [0.29, 0.717) is 22.8 Å². The van der Waals surface area contributed by atoms with Gasteiger partial charge in [-0.3, -0.25) is 4.79 Å². The van der Waals surface area contributed by atoms with E-state index in [1.807, 2.05) is 0 Å². The summed E-state index contributed by atoms with van der Waals surface area (Å²) >= 11 is 3.21. The Bertz CT molecular complexity index is 337. The number of rotatable bonds is 3. The normalized spacial score (nSPS) is 17.9. The molecule has 0 unspecified atom stereocenters. The zero-order chi connectivity index (χ0) is 10.7. The second kappa shape index (κ2) is 4.97. The molecule has 2 rings (SSSR count). The summed E-state index contributed by atoms with van der Waals surface area (Å²) in [7, 11) is 0. The van der Waals surface area contributed by atoms with Crippen LogP contribution in [-0.2, 0) is 0 Å². The van der Waals surface area contributed by atoms with Crippen molar-refractivity contribution < 1.29 is 9.21 Å². The van der Waals surface area contributed by atoms with Gasteiger partial charge in [-0.05, 0) is 34.0 Å². The highest BCUT2D eigenvalue weighted by atomic mass is 79.9. The second-order valence-electron chi connectivity index (χ2n) is 4.24. The first-order valence-electron chi connectivity index (χ1n) is 5.54. The molecule has 0 aromatic carbocycles. The molecule has 1 aliphatic rings. The van der Waals surface area contributed by atoms with Crippen molar-refractivity contribution in [2.45, 2.75) is 38.5 Å². The molecule has 0 aliphatic heterocycles. The molecule has 1 heterocycles. The lowest BCUT2D eigenvalue weighted by molar-refractivity contribution is 0.0921. The summed E-state index contributed by atoms with van der Waals surface area (Å²) in [5.41, 5.74) is 0. The maximum atomic E-state index is 11.8. The van der Waals surface area contributed by atoms with Crippen molar-refractivity contribution in [1.29, 1.82) is 0 Å². The molecule has 1 saturated carbocycles. The molecule has 0 spiro atoms. The van der Waals surface area contributed by atoms with Crippen molar-refractivity contribution in [3.05, 3.63) is 22.6 Å². The van der Waals surface area contributed by atoms with Crippen LogP contribution in [0.5, 0.6) is 0 Å². The monoisotopic (exact) mass is 270 g/mol. The van der Waals surface area contributed by atoms with Crippen molar-refractivity contribution in [2.24, 2.45) is 5.92 Å². The fourth-order valence-corrected chi connectivity index (χ4v) is 2.52. The molecular weight excluding hydrogens is 256 g/mol. The van der Waals surface area contributed by atoms with E-state index < -0.39 is 0 Å². The summed E-state index contributed by atoms with van der Waals surface area (Å²) in [6.07, 6.45) is 6.94. The second-order valence-corrected chi connectivity index (χ2v) is 5.02. The number of carbonyl (C=O) groups is 1. The third kappa shape index (κ3) is 2.94. The van der Waals surface area contributed by atoms with Gasteiger partial charge in [0.25, 0.3) is 0 Å². The van der Waals surface area contributed by atoms with E-state index >= 15 is 0 Å². The van der Waals surface area contributed by atoms with E-state index in [-0.39, 0.29) is 5.78 Å². The van der Waals surface area contributed by atoms with E-state index in [1.165, 1.54) is 32.1 Å². The van der Waals surface area contributed by atoms with Crippen LogP contribution in [0.1, 0.15) is 49.1 Å². The Balaban J connectivity index is 1.91. The van der Waals surface area contributed by atoms with Crippen LogP contribution >= 0.6 is 15.9 Å². The van der Waals surface area contributed by atoms with Crippen molar-refractivity contribution >= 4 is 21.7 Å². The Morgan fingerprint density at radius 1 is 1.33 bits per heavy atom. The maximum Gasteiger partial charge on any atom is 0.198 e. The molecule has 0 radical (unpaired) electrons. The molecule has 1 aliphatic carbocycles. The van der Waals surface area contributed by atoms with Gasteiger partial charge in [0.1, 0.15) is 0 Å². The van der Waals surface area contributed by atoms with Gasteiger partial charge < -0.3 is 4.42 Å². The van der Waals surface area contributed by atoms with Crippen LogP contribution in [0, 0.1) is 5.92 Å². The largest absolute Gasteiger partial charge is 0.446 e. The van der Waals surface area contributed by atoms with Gasteiger partial charge in [0.2, 0.25) is 0 Å². The van der Waals surface area contributed by atoms with Crippen molar-refractivity contribution in [3.8, 4) is 0 Å². The third-order valence-corrected chi connectivity index (χ3v) is 3.47. The minimum absolute atomic E-state index is 0.146. The molecule has 1 fully saturated rings. The van der Waals surface area contributed by atoms with Gasteiger partial charge >= 0.3 is 0 Å². The van der Waals surface area contributed by atoms with Gasteiger partial charge in [-0.15, -0.1) is 0 Å². The summed E-state index contributed by atoms with van der Waals surface area (Å²) in [6.45, 7) is 0. The molecule has 82 valence electrons. The standard InChI is InChI=1S/C12H15BrO2/c13-12-7-6-11(15-12)10(14)8-9-4-2-1-3-5-9/h6-7,9H,1-5,8H2. The van der Waals surface area contributed by atoms with Gasteiger partial charge in [0.05, 0.1) is 0 Å². The van der Waals surface area contributed by atoms with Crippen LogP contribution in [0.3, 0.4) is 0 Å². The Morgan fingerprint density at radius 2 is 2.07 bits per heavy atom. The molecule has 0 saturated heterocycles. The number of Topliss-reactive ketones (excluding diaryl/α,β-unsaturated/α-hetero) is 1. The number of hydrogen-bond acceptors (Lipinski definition) is 2. The van der Waals surface area contributed by atoms with E-state index in [1.54, 1.807) is 12.1 Å². The molecular formula is C12H15BrO2. The molecule has 0 N–H and O–H groups in total. The Kier molecular flexibility index (Phi) is 3.62. The van der Waals surface area contributed by atoms with Crippen LogP contribution in [-0.4, -0.2) is 5.78 Å². The van der Waals surface area contributed by atoms with Gasteiger partial charge in [-0.2, -0.15) is 0 Å². The topological polar surface area (TPSA) is 30.2 Å². The first-order chi connectivity index (χ1) is 7.25. The minimum Gasteiger partial charge on any atom is -0.446 e. The molecule has 0 bridgehead atoms. The van der Waals surface area contributed by atoms with Crippen LogP contribution in [0.15, 0.2) is 21.2 Å². The summed E-state index contributed by atoms with van der Waals surface area (Å²) in [4.78, 5) is 11.8. The average molecular weight is 271 g/mol. The highest BCUT2D eigenvalue weighted by Gasteiger charge is 2.19. The first kappa shape index (κ1) is 10.9. The fourth-order valence-electron chi connectivity index (χ4n) is 2.22. The highest BCUT2D eigenvalue weighted by Crippen LogP contribution is 2.28. The lowest BCUT2D eigenvalue weighted by atomic mass is 9.85. The molecule has 0 amide bonds. The zero-order valence-corrected chi connectivity index (χ0v) is 10.3. The average Bonchev–Trinajstić information content (AvgIpc) is 2.66. The summed E-state index contributed by atoms with van der Waals surface area (Å²) < 4.78 is 5.89. The fraction of sp³-hybridized carbons (Fsp3) is 0.583. The molecule has 15 heavy (non-hydrogen) atoms. The van der Waals surface area contributed by atoms with Crippen LogP contribution in [0.4, 0.5) is 0 Å². The summed E-state index contributed by atoms with van der Waals surface area (Å²) in [5.74, 6) is 1.22. The summed E-state index contributed by atoms with van der Waals surface area (Å²) in [6, 6.07) is 3.52. The van der Waals surface area contributed by atoms with Gasteiger partial charge in [-0.25, -0.2) is 0 Å². The molecule has 1 aromatic heterocycles. The summed E-state index contributed by atoms with van der Waals surface area (Å²) in [5, 5.41) is 0. The van der Waals surface area contributed by atoms with Crippen molar-refractivity contribution in [2.75, 3.05) is 0 Å². The van der Waals surface area contributed by atoms with Gasteiger partial charge in [-0.1, -0.05) is 32.1 Å². The number of furan rings is 1. The zero-order valence-electron chi connectivity index (χ0n) is 8.67. The number of carbonyl (C=O) groups excluding carboxylic acids is 1. The predicted octanol–water partition coefficient (Wildman–Crippen LogP) is 4.20. The predicted molar refractivity (Wildman–Crippen MR) is 61.9 cm³/mol. The highest BCUT2D eigenvalue weighted by molar-refractivity contribution is 9.10. The Hall–Kier alpha value is -0.570. The third-order valence-electron chi connectivity index (χ3n) is 3.05. The maximum absolute atomic E-state index is 11.8. The number of hydrogen-bond donors (Lipinski definition) is 0. The minimum atomic E-state index is 0.146. The van der Waals surface area contributed by atoms with Crippen molar-refractivity contribution in [3.63, 3.8) is 0 Å². The number of ketones is 1. The number of halogens is 1. The Labute approximate surface area is 98.2 Å². The van der Waals surface area contributed by atoms with Crippen LogP contribution in [0.25, 0.3) is 0 Å². The van der Waals surface area contributed by atoms with Crippen LogP contribution < -0.4 is 0 Å². The molecule has 3 heteroatoms. The van der Waals surface area contributed by atoms with Gasteiger partial charge in [0.15, 0.2) is 16.2 Å². The van der Waals surface area contributed by atoms with E-state index in [0.717, 1.165) is 0 Å². The SMILES string of the molecule is O=C(CC1CCCCC1)c1ccc(Br)o1.